The lowest BCUT2D eigenvalue weighted by Crippen LogP contribution is -2.26. The Morgan fingerprint density at radius 1 is 1.33 bits per heavy atom. The van der Waals surface area contributed by atoms with Gasteiger partial charge in [-0.3, -0.25) is 4.79 Å². The molecule has 1 N–H and O–H groups in total. The van der Waals surface area contributed by atoms with Gasteiger partial charge in [0.05, 0.1) is 20.6 Å². The molecule has 0 radical (unpaired) electrons. The van der Waals surface area contributed by atoms with E-state index >= 15 is 0 Å². The molecule has 3 nitrogen and oxygen atoms in total. The number of fused-ring (bicyclic) bond motifs is 1. The van der Waals surface area contributed by atoms with Gasteiger partial charge in [0.1, 0.15) is 0 Å². The Morgan fingerprint density at radius 3 is 2.56 bits per heavy atom. The lowest BCUT2D eigenvalue weighted by molar-refractivity contribution is -0.146. The summed E-state index contributed by atoms with van der Waals surface area (Å²) in [5, 5.41) is 10.0. The van der Waals surface area contributed by atoms with Crippen molar-refractivity contribution in [3.05, 3.63) is 28.3 Å². The van der Waals surface area contributed by atoms with E-state index in [1.807, 2.05) is 0 Å². The van der Waals surface area contributed by atoms with Crippen LogP contribution in [0.2, 0.25) is 0 Å². The molecule has 0 spiro atoms. The van der Waals surface area contributed by atoms with Crippen molar-refractivity contribution in [2.75, 3.05) is 0 Å². The molecule has 0 saturated heterocycles. The van der Waals surface area contributed by atoms with Crippen LogP contribution in [0.5, 0.6) is 0 Å². The zero-order valence-electron chi connectivity index (χ0n) is 11.1. The molecular weight excluding hydrogens is 246 g/mol. The lowest BCUT2D eigenvalue weighted by atomic mass is 9.90. The van der Waals surface area contributed by atoms with Gasteiger partial charge in [-0.15, -0.1) is 11.3 Å². The smallest absolute Gasteiger partial charge is 0.309 e. The van der Waals surface area contributed by atoms with Crippen LogP contribution in [-0.4, -0.2) is 16.1 Å². The molecule has 0 atom stereocenters. The van der Waals surface area contributed by atoms with E-state index < -0.39 is 11.4 Å². The molecule has 0 saturated carbocycles. The van der Waals surface area contributed by atoms with Crippen molar-refractivity contribution in [2.45, 2.75) is 34.1 Å². The lowest BCUT2D eigenvalue weighted by Gasteiger charge is -2.16. The number of thiazole rings is 1. The normalized spacial score (nSPS) is 12.0. The first kappa shape index (κ1) is 13.0. The Labute approximate surface area is 110 Å². The van der Waals surface area contributed by atoms with Gasteiger partial charge >= 0.3 is 5.97 Å². The van der Waals surface area contributed by atoms with Crippen LogP contribution in [0, 0.1) is 19.3 Å². The number of rotatable bonds is 3. The predicted molar refractivity (Wildman–Crippen MR) is 74.2 cm³/mol. The molecule has 0 aliphatic rings. The summed E-state index contributed by atoms with van der Waals surface area (Å²) in [5.74, 6) is -0.783. The van der Waals surface area contributed by atoms with Crippen LogP contribution in [0.15, 0.2) is 12.1 Å². The molecule has 18 heavy (non-hydrogen) atoms. The average molecular weight is 263 g/mol. The number of benzene rings is 1. The molecule has 2 aromatic rings. The minimum Gasteiger partial charge on any atom is -0.481 e. The van der Waals surface area contributed by atoms with Crippen LogP contribution < -0.4 is 0 Å². The van der Waals surface area contributed by atoms with Crippen LogP contribution in [0.25, 0.3) is 10.2 Å². The second kappa shape index (κ2) is 4.35. The minimum atomic E-state index is -0.783. The summed E-state index contributed by atoms with van der Waals surface area (Å²) in [4.78, 5) is 15.7. The van der Waals surface area contributed by atoms with E-state index in [0.29, 0.717) is 6.42 Å². The Kier molecular flexibility index (Phi) is 3.15. The summed E-state index contributed by atoms with van der Waals surface area (Å²) >= 11 is 1.59. The van der Waals surface area contributed by atoms with Gasteiger partial charge in [0.2, 0.25) is 0 Å². The maximum Gasteiger partial charge on any atom is 0.309 e. The Hall–Kier alpha value is -1.42. The summed E-state index contributed by atoms with van der Waals surface area (Å²) in [6.07, 6.45) is 0.472. The minimum absolute atomic E-state index is 0.472. The fourth-order valence-corrected chi connectivity index (χ4v) is 3.03. The van der Waals surface area contributed by atoms with Gasteiger partial charge < -0.3 is 5.11 Å². The van der Waals surface area contributed by atoms with E-state index in [4.69, 9.17) is 5.11 Å². The summed E-state index contributed by atoms with van der Waals surface area (Å²) in [6, 6.07) is 4.19. The Morgan fingerprint density at radius 2 is 1.94 bits per heavy atom. The van der Waals surface area contributed by atoms with E-state index in [9.17, 15) is 4.79 Å². The van der Waals surface area contributed by atoms with E-state index in [-0.39, 0.29) is 0 Å². The van der Waals surface area contributed by atoms with Gasteiger partial charge in [-0.25, -0.2) is 4.98 Å². The van der Waals surface area contributed by atoms with E-state index in [1.54, 1.807) is 25.2 Å². The van der Waals surface area contributed by atoms with Gasteiger partial charge in [-0.2, -0.15) is 0 Å². The SMILES string of the molecule is Cc1cc2nc(CC(C)(C)C(=O)O)sc2cc1C. The van der Waals surface area contributed by atoms with Crippen LogP contribution >= 0.6 is 11.3 Å². The molecule has 1 aromatic heterocycles. The summed E-state index contributed by atoms with van der Waals surface area (Å²) in [5.41, 5.74) is 2.67. The van der Waals surface area contributed by atoms with Crippen molar-refractivity contribution in [1.82, 2.24) is 4.98 Å². The van der Waals surface area contributed by atoms with Crippen molar-refractivity contribution < 1.29 is 9.90 Å². The van der Waals surface area contributed by atoms with Crippen LogP contribution in [0.4, 0.5) is 0 Å². The number of hydrogen-bond donors (Lipinski definition) is 1. The number of hydrogen-bond acceptors (Lipinski definition) is 3. The van der Waals surface area contributed by atoms with Crippen molar-refractivity contribution >= 4 is 27.5 Å². The van der Waals surface area contributed by atoms with Gasteiger partial charge in [-0.05, 0) is 51.0 Å². The number of carbonyl (C=O) groups is 1. The zero-order valence-corrected chi connectivity index (χ0v) is 11.9. The van der Waals surface area contributed by atoms with Crippen LogP contribution in [-0.2, 0) is 11.2 Å². The monoisotopic (exact) mass is 263 g/mol. The van der Waals surface area contributed by atoms with Gasteiger partial charge in [-0.1, -0.05) is 0 Å². The zero-order chi connectivity index (χ0) is 13.5. The van der Waals surface area contributed by atoms with E-state index in [0.717, 1.165) is 15.2 Å². The first-order chi connectivity index (χ1) is 8.29. The fourth-order valence-electron chi connectivity index (χ4n) is 1.76. The Bertz CT molecular complexity index is 575. The Balaban J connectivity index is 2.39. The summed E-state index contributed by atoms with van der Waals surface area (Å²) in [7, 11) is 0. The maximum atomic E-state index is 11.1. The topological polar surface area (TPSA) is 50.2 Å². The number of aromatic nitrogens is 1. The van der Waals surface area contributed by atoms with Crippen molar-refractivity contribution in [1.29, 1.82) is 0 Å². The summed E-state index contributed by atoms with van der Waals surface area (Å²) < 4.78 is 1.13. The van der Waals surface area contributed by atoms with E-state index in [1.165, 1.54) is 11.1 Å². The molecule has 4 heteroatoms. The molecule has 1 heterocycles. The number of nitrogens with zero attached hydrogens (tertiary/aromatic N) is 1. The second-order valence-electron chi connectivity index (χ2n) is 5.38. The van der Waals surface area contributed by atoms with Crippen molar-refractivity contribution in [3.8, 4) is 0 Å². The highest BCUT2D eigenvalue weighted by molar-refractivity contribution is 7.18. The average Bonchev–Trinajstić information content (AvgIpc) is 2.59. The molecular formula is C14H17NO2S. The number of aliphatic carboxylic acids is 1. The van der Waals surface area contributed by atoms with Crippen molar-refractivity contribution in [3.63, 3.8) is 0 Å². The van der Waals surface area contributed by atoms with Crippen LogP contribution in [0.3, 0.4) is 0 Å². The third-order valence-electron chi connectivity index (χ3n) is 3.22. The van der Waals surface area contributed by atoms with Crippen LogP contribution in [0.1, 0.15) is 30.0 Å². The first-order valence-corrected chi connectivity index (χ1v) is 6.71. The molecule has 0 unspecified atom stereocenters. The highest BCUT2D eigenvalue weighted by Gasteiger charge is 2.28. The molecule has 1 aromatic carbocycles. The molecule has 0 amide bonds. The molecule has 0 bridgehead atoms. The van der Waals surface area contributed by atoms with Crippen molar-refractivity contribution in [2.24, 2.45) is 5.41 Å². The predicted octanol–water partition coefficient (Wildman–Crippen LogP) is 3.57. The van der Waals surface area contributed by atoms with E-state index in [2.05, 4.69) is 31.0 Å². The maximum absolute atomic E-state index is 11.1. The first-order valence-electron chi connectivity index (χ1n) is 5.90. The second-order valence-corrected chi connectivity index (χ2v) is 6.49. The molecule has 96 valence electrons. The molecule has 0 fully saturated rings. The molecule has 2 rings (SSSR count). The van der Waals surface area contributed by atoms with Gasteiger partial charge in [0.15, 0.2) is 0 Å². The summed E-state index contributed by atoms with van der Waals surface area (Å²) in [6.45, 7) is 7.61. The fraction of sp³-hybridized carbons (Fsp3) is 0.429. The third kappa shape index (κ3) is 2.38. The van der Waals surface area contributed by atoms with Gasteiger partial charge in [0, 0.05) is 6.42 Å². The third-order valence-corrected chi connectivity index (χ3v) is 4.24. The molecule has 0 aliphatic heterocycles. The highest BCUT2D eigenvalue weighted by Crippen LogP contribution is 2.30. The highest BCUT2D eigenvalue weighted by atomic mass is 32.1. The standard InChI is InChI=1S/C14H17NO2S/c1-8-5-10-11(6-9(8)2)18-12(15-10)7-14(3,4)13(16)17/h5-6H,7H2,1-4H3,(H,16,17). The molecule has 0 aliphatic carbocycles. The quantitative estimate of drug-likeness (QED) is 0.921. The number of carboxylic acids is 1. The van der Waals surface area contributed by atoms with Gasteiger partial charge in [0.25, 0.3) is 0 Å². The number of carboxylic acid groups (broad SMARTS) is 1. The largest absolute Gasteiger partial charge is 0.481 e. The number of aryl methyl sites for hydroxylation is 2.